The van der Waals surface area contributed by atoms with Gasteiger partial charge in [-0.3, -0.25) is 0 Å². The van der Waals surface area contributed by atoms with E-state index in [-0.39, 0.29) is 0 Å². The second-order valence-corrected chi connectivity index (χ2v) is 3.12. The first-order valence-corrected chi connectivity index (χ1v) is 2.75. The van der Waals surface area contributed by atoms with Gasteiger partial charge >= 0.3 is 0 Å². The molecule has 1 aliphatic heterocycles. The summed E-state index contributed by atoms with van der Waals surface area (Å²) >= 11 is 0. The highest BCUT2D eigenvalue weighted by molar-refractivity contribution is 6.66. The van der Waals surface area contributed by atoms with Crippen LogP contribution in [0.5, 0.6) is 0 Å². The zero-order valence-electron chi connectivity index (χ0n) is 3.50. The summed E-state index contributed by atoms with van der Waals surface area (Å²) in [6.07, 6.45) is 0. The third-order valence-electron chi connectivity index (χ3n) is 0.875. The van der Waals surface area contributed by atoms with Crippen LogP contribution in [0.15, 0.2) is 10.4 Å². The Morgan fingerprint density at radius 3 is 1.40 bits per heavy atom. The fraction of sp³-hybridized carbons (Fsp3) is 0.500. The van der Waals surface area contributed by atoms with Crippen molar-refractivity contribution >= 4 is 9.52 Å². The van der Waals surface area contributed by atoms with Crippen molar-refractivity contribution in [2.45, 2.75) is 13.8 Å². The Kier molecular flexibility index (Phi) is 0.452. The zero-order chi connectivity index (χ0) is 3.86. The third-order valence-corrected chi connectivity index (χ3v) is 2.12. The maximum absolute atomic E-state index is 2.19. The van der Waals surface area contributed by atoms with E-state index in [2.05, 4.69) is 13.8 Å². The average molecular weight is 82.2 g/mol. The Morgan fingerprint density at radius 1 is 1.20 bits per heavy atom. The van der Waals surface area contributed by atoms with Gasteiger partial charge in [0.2, 0.25) is 0 Å². The fourth-order valence-corrected chi connectivity index (χ4v) is 0.750. The molecule has 0 saturated carbocycles. The van der Waals surface area contributed by atoms with Crippen LogP contribution in [-0.2, 0) is 0 Å². The molecule has 1 rings (SSSR count). The second kappa shape index (κ2) is 0.715. The van der Waals surface area contributed by atoms with Crippen molar-refractivity contribution in [2.75, 3.05) is 0 Å². The highest BCUT2D eigenvalue weighted by Crippen LogP contribution is 2.15. The normalized spacial score (nSPS) is 20.4. The van der Waals surface area contributed by atoms with Crippen LogP contribution >= 0.6 is 0 Å². The smallest absolute Gasteiger partial charge is 0.0877 e. The molecule has 2 radical (unpaired) electrons. The molecule has 0 aromatic rings. The van der Waals surface area contributed by atoms with Gasteiger partial charge in [0.25, 0.3) is 0 Å². The molecule has 0 nitrogen and oxygen atoms in total. The Balaban J connectivity index is 2.59. The lowest BCUT2D eigenvalue weighted by molar-refractivity contribution is 1.64. The summed E-state index contributed by atoms with van der Waals surface area (Å²) < 4.78 is 0. The molecule has 0 aromatic heterocycles. The molecular weight excluding hydrogens is 76.1 g/mol. The lowest BCUT2D eigenvalue weighted by Crippen LogP contribution is -1.51. The van der Waals surface area contributed by atoms with E-state index >= 15 is 0 Å². The quantitative estimate of drug-likeness (QED) is 0.382. The summed E-state index contributed by atoms with van der Waals surface area (Å²) in [5.74, 6) is 0. The van der Waals surface area contributed by atoms with E-state index in [1.807, 2.05) is 0 Å². The van der Waals surface area contributed by atoms with Crippen molar-refractivity contribution in [1.82, 2.24) is 0 Å². The second-order valence-electron chi connectivity index (χ2n) is 1.38. The molecule has 0 N–H and O–H groups in total. The van der Waals surface area contributed by atoms with Crippen LogP contribution in [0.2, 0.25) is 0 Å². The maximum atomic E-state index is 2.19. The van der Waals surface area contributed by atoms with Gasteiger partial charge in [-0.1, -0.05) is 10.4 Å². The van der Waals surface area contributed by atoms with Gasteiger partial charge in [-0.2, -0.15) is 0 Å². The topological polar surface area (TPSA) is 0 Å². The van der Waals surface area contributed by atoms with Gasteiger partial charge in [-0.05, 0) is 13.8 Å². The molecule has 0 amide bonds. The van der Waals surface area contributed by atoms with Crippen LogP contribution in [-0.4, -0.2) is 9.52 Å². The number of allylic oxidation sites excluding steroid dienone is 2. The van der Waals surface area contributed by atoms with Crippen LogP contribution in [0, 0.1) is 0 Å². The monoisotopic (exact) mass is 82.0 g/mol. The minimum atomic E-state index is 1.11. The van der Waals surface area contributed by atoms with Gasteiger partial charge in [0.05, 0.1) is 0 Å². The van der Waals surface area contributed by atoms with E-state index in [4.69, 9.17) is 0 Å². The molecule has 1 heteroatoms. The van der Waals surface area contributed by atoms with Crippen molar-refractivity contribution in [3.05, 3.63) is 10.4 Å². The molecule has 0 aromatic carbocycles. The largest absolute Gasteiger partial charge is 0.108 e. The molecule has 1 heterocycles. The van der Waals surface area contributed by atoms with Crippen molar-refractivity contribution in [2.24, 2.45) is 0 Å². The Bertz CT molecular complexity index is 71.6. The molecule has 5 heavy (non-hydrogen) atoms. The SMILES string of the molecule is CC1=C(C)[Si]1. The van der Waals surface area contributed by atoms with Crippen LogP contribution in [0.25, 0.3) is 0 Å². The van der Waals surface area contributed by atoms with Crippen LogP contribution in [0.3, 0.4) is 0 Å². The summed E-state index contributed by atoms with van der Waals surface area (Å²) in [4.78, 5) is 0. The zero-order valence-corrected chi connectivity index (χ0v) is 4.50. The van der Waals surface area contributed by atoms with Gasteiger partial charge in [0, 0.05) is 0 Å². The standard InChI is InChI=1S/C4H6Si/c1-3-4(2)5-3/h1-2H3. The Labute approximate surface area is 34.7 Å². The highest BCUT2D eigenvalue weighted by atomic mass is 28.2. The fourth-order valence-electron chi connectivity index (χ4n) is 0.250. The highest BCUT2D eigenvalue weighted by Gasteiger charge is 2.09. The van der Waals surface area contributed by atoms with E-state index < -0.39 is 0 Å². The van der Waals surface area contributed by atoms with E-state index in [1.165, 1.54) is 0 Å². The maximum Gasteiger partial charge on any atom is 0.108 e. The van der Waals surface area contributed by atoms with E-state index in [9.17, 15) is 0 Å². The lowest BCUT2D eigenvalue weighted by Gasteiger charge is -1.49. The lowest BCUT2D eigenvalue weighted by atomic mass is 10.6. The average Bonchev–Trinajstić information content (AvgIpc) is 1.79. The van der Waals surface area contributed by atoms with Gasteiger partial charge in [0.15, 0.2) is 0 Å². The van der Waals surface area contributed by atoms with E-state index in [0.29, 0.717) is 0 Å². The van der Waals surface area contributed by atoms with Crippen LogP contribution in [0.4, 0.5) is 0 Å². The van der Waals surface area contributed by atoms with E-state index in [0.717, 1.165) is 9.52 Å². The molecular formula is C4H6Si. The first-order chi connectivity index (χ1) is 2.30. The Hall–Kier alpha value is -0.0431. The molecule has 0 unspecified atom stereocenters. The van der Waals surface area contributed by atoms with Gasteiger partial charge in [0.1, 0.15) is 9.52 Å². The minimum absolute atomic E-state index is 1.11. The van der Waals surface area contributed by atoms with Crippen molar-refractivity contribution < 1.29 is 0 Å². The molecule has 0 aliphatic carbocycles. The number of rotatable bonds is 0. The first-order valence-electron chi connectivity index (χ1n) is 1.75. The molecule has 0 fully saturated rings. The van der Waals surface area contributed by atoms with Gasteiger partial charge < -0.3 is 0 Å². The van der Waals surface area contributed by atoms with Crippen molar-refractivity contribution in [3.8, 4) is 0 Å². The Morgan fingerprint density at radius 2 is 1.40 bits per heavy atom. The summed E-state index contributed by atoms with van der Waals surface area (Å²) in [6.45, 7) is 4.38. The van der Waals surface area contributed by atoms with Crippen LogP contribution in [0.1, 0.15) is 13.8 Å². The third kappa shape index (κ3) is 0.427. The number of hydrogen-bond donors (Lipinski definition) is 0. The molecule has 1 aliphatic rings. The summed E-state index contributed by atoms with van der Waals surface area (Å²) in [5.41, 5.74) is 0. The first kappa shape index (κ1) is 3.16. The molecule has 26 valence electrons. The summed E-state index contributed by atoms with van der Waals surface area (Å²) in [7, 11) is 1.11. The predicted molar refractivity (Wildman–Crippen MR) is 24.1 cm³/mol. The molecule has 0 bridgehead atoms. The molecule has 0 spiro atoms. The minimum Gasteiger partial charge on any atom is -0.0877 e. The number of hydrogen-bond acceptors (Lipinski definition) is 0. The van der Waals surface area contributed by atoms with Gasteiger partial charge in [-0.15, -0.1) is 0 Å². The molecule has 0 saturated heterocycles. The summed E-state index contributed by atoms with van der Waals surface area (Å²) in [6, 6.07) is 0. The van der Waals surface area contributed by atoms with Crippen molar-refractivity contribution in [3.63, 3.8) is 0 Å². The van der Waals surface area contributed by atoms with E-state index in [1.54, 1.807) is 10.4 Å². The van der Waals surface area contributed by atoms with Crippen LogP contribution < -0.4 is 0 Å². The van der Waals surface area contributed by atoms with Gasteiger partial charge in [-0.25, -0.2) is 0 Å². The molecule has 0 atom stereocenters. The summed E-state index contributed by atoms with van der Waals surface area (Å²) in [5, 5.41) is 3.23. The van der Waals surface area contributed by atoms with Crippen molar-refractivity contribution in [1.29, 1.82) is 0 Å². The predicted octanol–water partition coefficient (Wildman–Crippen LogP) is 0.956.